The van der Waals surface area contributed by atoms with Crippen molar-refractivity contribution < 1.29 is 9.53 Å². The predicted octanol–water partition coefficient (Wildman–Crippen LogP) is 2.48. The molecule has 0 aliphatic rings. The normalized spacial score (nSPS) is 12.4. The maximum atomic E-state index is 11.8. The number of halogens is 1. The summed E-state index contributed by atoms with van der Waals surface area (Å²) < 4.78 is 7.06. The molecule has 1 unspecified atom stereocenters. The highest BCUT2D eigenvalue weighted by Crippen LogP contribution is 2.27. The number of ether oxygens (including phenoxy) is 1. The van der Waals surface area contributed by atoms with E-state index in [-0.39, 0.29) is 17.8 Å². The number of rotatable bonds is 5. The lowest BCUT2D eigenvalue weighted by Gasteiger charge is -2.10. The van der Waals surface area contributed by atoms with Crippen LogP contribution in [0, 0.1) is 0 Å². The van der Waals surface area contributed by atoms with Crippen LogP contribution in [0.1, 0.15) is 25.0 Å². The van der Waals surface area contributed by atoms with Gasteiger partial charge in [-0.3, -0.25) is 4.79 Å². The predicted molar refractivity (Wildman–Crippen MR) is 79.2 cm³/mol. The second kappa shape index (κ2) is 6.13. The Labute approximate surface area is 122 Å². The van der Waals surface area contributed by atoms with Gasteiger partial charge < -0.3 is 14.6 Å². The van der Waals surface area contributed by atoms with Crippen LogP contribution in [-0.2, 0) is 11.3 Å². The van der Waals surface area contributed by atoms with Gasteiger partial charge in [0.15, 0.2) is 0 Å². The highest BCUT2D eigenvalue weighted by Gasteiger charge is 2.17. The Morgan fingerprint density at radius 2 is 2.30 bits per heavy atom. The molecular weight excluding hydrogens is 278 g/mol. The van der Waals surface area contributed by atoms with Crippen LogP contribution >= 0.6 is 11.6 Å². The fourth-order valence-corrected chi connectivity index (χ4v) is 2.28. The first-order chi connectivity index (χ1) is 9.56. The number of methoxy groups -OCH3 is 1. The van der Waals surface area contributed by atoms with Crippen LogP contribution in [0.4, 0.5) is 0 Å². The molecule has 20 heavy (non-hydrogen) atoms. The van der Waals surface area contributed by atoms with Crippen LogP contribution in [0.25, 0.3) is 11.0 Å². The molecular formula is C14H18ClN3O2. The molecule has 0 fully saturated rings. The monoisotopic (exact) mass is 295 g/mol. The average molecular weight is 296 g/mol. The van der Waals surface area contributed by atoms with Gasteiger partial charge in [0, 0.05) is 12.6 Å². The zero-order valence-electron chi connectivity index (χ0n) is 11.8. The second-order valence-corrected chi connectivity index (χ2v) is 5.13. The van der Waals surface area contributed by atoms with E-state index in [0.29, 0.717) is 12.4 Å². The summed E-state index contributed by atoms with van der Waals surface area (Å²) in [4.78, 5) is 16.3. The van der Waals surface area contributed by atoms with E-state index in [4.69, 9.17) is 16.3 Å². The molecule has 0 saturated heterocycles. The lowest BCUT2D eigenvalue weighted by atomic mass is 10.3. The zero-order chi connectivity index (χ0) is 14.7. The van der Waals surface area contributed by atoms with Gasteiger partial charge in [0.05, 0.1) is 23.5 Å². The van der Waals surface area contributed by atoms with Gasteiger partial charge in [-0.05, 0) is 26.0 Å². The SMILES string of the molecule is CCNC(=O)Cn1c(C(C)Cl)nc2ccc(OC)cc21. The number of hydrogen-bond acceptors (Lipinski definition) is 3. The number of imidazole rings is 1. The number of carbonyl (C=O) groups excluding carboxylic acids is 1. The summed E-state index contributed by atoms with van der Waals surface area (Å²) in [6, 6.07) is 5.57. The standard InChI is InChI=1S/C14H18ClN3O2/c1-4-16-13(19)8-18-12-7-10(20-3)5-6-11(12)17-14(18)9(2)15/h5-7,9H,4,8H2,1-3H3,(H,16,19). The van der Waals surface area contributed by atoms with Gasteiger partial charge in [0.25, 0.3) is 0 Å². The Balaban J connectivity index is 2.51. The molecule has 0 radical (unpaired) electrons. The van der Waals surface area contributed by atoms with Crippen molar-refractivity contribution in [2.75, 3.05) is 13.7 Å². The van der Waals surface area contributed by atoms with E-state index in [1.54, 1.807) is 7.11 Å². The summed E-state index contributed by atoms with van der Waals surface area (Å²) in [5, 5.41) is 2.51. The Morgan fingerprint density at radius 1 is 1.55 bits per heavy atom. The molecule has 0 aliphatic carbocycles. The van der Waals surface area contributed by atoms with E-state index < -0.39 is 0 Å². The quantitative estimate of drug-likeness (QED) is 0.862. The lowest BCUT2D eigenvalue weighted by molar-refractivity contribution is -0.121. The molecule has 0 bridgehead atoms. The van der Waals surface area contributed by atoms with Crippen LogP contribution < -0.4 is 10.1 Å². The van der Waals surface area contributed by atoms with E-state index in [9.17, 15) is 4.79 Å². The van der Waals surface area contributed by atoms with Crippen molar-refractivity contribution in [3.8, 4) is 5.75 Å². The first-order valence-corrected chi connectivity index (χ1v) is 6.95. The van der Waals surface area contributed by atoms with Gasteiger partial charge in [-0.25, -0.2) is 4.98 Å². The van der Waals surface area contributed by atoms with Crippen molar-refractivity contribution in [3.63, 3.8) is 0 Å². The van der Waals surface area contributed by atoms with Crippen LogP contribution in [0.5, 0.6) is 5.75 Å². The highest BCUT2D eigenvalue weighted by molar-refractivity contribution is 6.20. The third-order valence-electron chi connectivity index (χ3n) is 3.02. The summed E-state index contributed by atoms with van der Waals surface area (Å²) in [5.41, 5.74) is 1.65. The number of amides is 1. The number of carbonyl (C=O) groups is 1. The smallest absolute Gasteiger partial charge is 0.239 e. The minimum atomic E-state index is -0.275. The Hall–Kier alpha value is -1.75. The molecule has 1 aromatic heterocycles. The number of hydrogen-bond donors (Lipinski definition) is 1. The second-order valence-electron chi connectivity index (χ2n) is 4.48. The van der Waals surface area contributed by atoms with Crippen molar-refractivity contribution in [1.29, 1.82) is 0 Å². The van der Waals surface area contributed by atoms with Crippen molar-refractivity contribution in [2.45, 2.75) is 25.8 Å². The molecule has 1 aromatic carbocycles. The van der Waals surface area contributed by atoms with Gasteiger partial charge in [-0.15, -0.1) is 11.6 Å². The summed E-state index contributed by atoms with van der Waals surface area (Å²) in [7, 11) is 1.61. The largest absolute Gasteiger partial charge is 0.497 e. The van der Waals surface area contributed by atoms with E-state index in [0.717, 1.165) is 16.8 Å². The molecule has 0 aliphatic heterocycles. The number of aromatic nitrogens is 2. The minimum absolute atomic E-state index is 0.0619. The fourth-order valence-electron chi connectivity index (χ4n) is 2.11. The zero-order valence-corrected chi connectivity index (χ0v) is 12.6. The topological polar surface area (TPSA) is 56.2 Å². The summed E-state index contributed by atoms with van der Waals surface area (Å²) in [5.74, 6) is 1.35. The molecule has 2 aromatic rings. The fraction of sp³-hybridized carbons (Fsp3) is 0.429. The van der Waals surface area contributed by atoms with Crippen LogP contribution in [0.2, 0.25) is 0 Å². The maximum Gasteiger partial charge on any atom is 0.239 e. The van der Waals surface area contributed by atoms with Gasteiger partial charge in [0.2, 0.25) is 5.91 Å². The summed E-state index contributed by atoms with van der Waals surface area (Å²) in [6.07, 6.45) is 0. The van der Waals surface area contributed by atoms with Crippen LogP contribution in [0.3, 0.4) is 0 Å². The summed E-state index contributed by atoms with van der Waals surface area (Å²) in [6.45, 7) is 4.52. The van der Waals surface area contributed by atoms with Gasteiger partial charge in [0.1, 0.15) is 18.1 Å². The van der Waals surface area contributed by atoms with Crippen LogP contribution in [-0.4, -0.2) is 29.1 Å². The number of nitrogens with one attached hydrogen (secondary N) is 1. The molecule has 108 valence electrons. The Morgan fingerprint density at radius 3 is 2.90 bits per heavy atom. The molecule has 1 N–H and O–H groups in total. The molecule has 1 heterocycles. The highest BCUT2D eigenvalue weighted by atomic mass is 35.5. The Bertz CT molecular complexity index is 622. The van der Waals surface area contributed by atoms with Crippen molar-refractivity contribution >= 4 is 28.5 Å². The van der Waals surface area contributed by atoms with Gasteiger partial charge in [-0.2, -0.15) is 0 Å². The van der Waals surface area contributed by atoms with E-state index >= 15 is 0 Å². The third-order valence-corrected chi connectivity index (χ3v) is 3.21. The van der Waals surface area contributed by atoms with Crippen LogP contribution in [0.15, 0.2) is 18.2 Å². The number of alkyl halides is 1. The van der Waals surface area contributed by atoms with E-state index in [1.165, 1.54) is 0 Å². The van der Waals surface area contributed by atoms with E-state index in [1.807, 2.05) is 36.6 Å². The molecule has 2 rings (SSSR count). The minimum Gasteiger partial charge on any atom is -0.497 e. The number of benzene rings is 1. The van der Waals surface area contributed by atoms with Crippen molar-refractivity contribution in [2.24, 2.45) is 0 Å². The molecule has 0 spiro atoms. The number of fused-ring (bicyclic) bond motifs is 1. The molecule has 1 amide bonds. The first kappa shape index (κ1) is 14.7. The lowest BCUT2D eigenvalue weighted by Crippen LogP contribution is -2.27. The van der Waals surface area contributed by atoms with E-state index in [2.05, 4.69) is 10.3 Å². The maximum absolute atomic E-state index is 11.8. The van der Waals surface area contributed by atoms with Gasteiger partial charge >= 0.3 is 0 Å². The molecule has 0 saturated carbocycles. The van der Waals surface area contributed by atoms with Crippen molar-refractivity contribution in [1.82, 2.24) is 14.9 Å². The summed E-state index contributed by atoms with van der Waals surface area (Å²) >= 11 is 6.17. The molecule has 6 heteroatoms. The average Bonchev–Trinajstić information content (AvgIpc) is 2.77. The molecule has 1 atom stereocenters. The van der Waals surface area contributed by atoms with Gasteiger partial charge in [-0.1, -0.05) is 0 Å². The molecule has 5 nitrogen and oxygen atoms in total. The van der Waals surface area contributed by atoms with Crippen molar-refractivity contribution in [3.05, 3.63) is 24.0 Å². The Kier molecular flexibility index (Phi) is 4.49. The first-order valence-electron chi connectivity index (χ1n) is 6.51. The third kappa shape index (κ3) is 2.88. The number of likely N-dealkylation sites (N-methyl/N-ethyl adjacent to an activating group) is 1. The number of nitrogens with zero attached hydrogens (tertiary/aromatic N) is 2.